The minimum absolute atomic E-state index is 0.379. The van der Waals surface area contributed by atoms with Gasteiger partial charge in [0.15, 0.2) is 0 Å². The van der Waals surface area contributed by atoms with Crippen LogP contribution in [0.15, 0.2) is 65.8 Å². The minimum Gasteiger partial charge on any atom is -0.0943 e. The Morgan fingerprint density at radius 2 is 1.81 bits per heavy atom. The van der Waals surface area contributed by atoms with Gasteiger partial charge in [0.05, 0.1) is 0 Å². The third-order valence-corrected chi connectivity index (χ3v) is 5.10. The Labute approximate surface area is 129 Å². The van der Waals surface area contributed by atoms with E-state index in [1.807, 2.05) is 0 Å². The van der Waals surface area contributed by atoms with Crippen LogP contribution >= 0.6 is 0 Å². The van der Waals surface area contributed by atoms with Gasteiger partial charge in [0.25, 0.3) is 0 Å². The van der Waals surface area contributed by atoms with Crippen molar-refractivity contribution in [2.24, 2.45) is 5.92 Å². The monoisotopic (exact) mass is 278 g/mol. The molecule has 0 bridgehead atoms. The summed E-state index contributed by atoms with van der Waals surface area (Å²) in [5.41, 5.74) is 5.47. The van der Waals surface area contributed by atoms with Crippen LogP contribution in [0.25, 0.3) is 0 Å². The second-order valence-electron chi connectivity index (χ2n) is 6.62. The molecule has 2 aliphatic carbocycles. The van der Waals surface area contributed by atoms with Crippen LogP contribution in [-0.4, -0.2) is 0 Å². The van der Waals surface area contributed by atoms with Crippen molar-refractivity contribution in [3.8, 4) is 0 Å². The standard InChI is InChI=1S/C21H26/c1-16-15-21(19-11-7-4-8-12-19)17(2)20(16)14-13-18-9-5-3-6-10-18/h4,7-8,11-12,14-15,18,21H,2-3,5-6,9-10,13H2,1H3. The Morgan fingerprint density at radius 3 is 2.52 bits per heavy atom. The minimum atomic E-state index is 0.379. The van der Waals surface area contributed by atoms with E-state index < -0.39 is 0 Å². The maximum absolute atomic E-state index is 4.39. The molecule has 110 valence electrons. The van der Waals surface area contributed by atoms with Crippen LogP contribution in [0.5, 0.6) is 0 Å². The molecule has 0 radical (unpaired) electrons. The Hall–Kier alpha value is -1.56. The van der Waals surface area contributed by atoms with Crippen molar-refractivity contribution in [3.05, 3.63) is 71.3 Å². The summed E-state index contributed by atoms with van der Waals surface area (Å²) >= 11 is 0. The van der Waals surface area contributed by atoms with E-state index in [9.17, 15) is 0 Å². The van der Waals surface area contributed by atoms with Gasteiger partial charge in [0, 0.05) is 5.92 Å². The molecule has 2 aliphatic rings. The quantitative estimate of drug-likeness (QED) is 0.619. The fourth-order valence-electron chi connectivity index (χ4n) is 3.82. The summed E-state index contributed by atoms with van der Waals surface area (Å²) in [6, 6.07) is 10.7. The van der Waals surface area contributed by atoms with Crippen molar-refractivity contribution >= 4 is 0 Å². The first kappa shape index (κ1) is 14.4. The summed E-state index contributed by atoms with van der Waals surface area (Å²) in [5, 5.41) is 0. The Bertz CT molecular complexity index is 553. The Balaban J connectivity index is 1.72. The van der Waals surface area contributed by atoms with E-state index >= 15 is 0 Å². The summed E-state index contributed by atoms with van der Waals surface area (Å²) in [6.07, 6.45) is 13.2. The van der Waals surface area contributed by atoms with Crippen LogP contribution in [0.1, 0.15) is 56.9 Å². The first-order valence-electron chi connectivity index (χ1n) is 8.39. The molecule has 0 aliphatic heterocycles. The van der Waals surface area contributed by atoms with Crippen LogP contribution in [-0.2, 0) is 0 Å². The average molecular weight is 278 g/mol. The summed E-state index contributed by atoms with van der Waals surface area (Å²) in [6.45, 7) is 6.62. The molecular formula is C21H26. The van der Waals surface area contributed by atoms with Crippen molar-refractivity contribution in [3.63, 3.8) is 0 Å². The zero-order valence-corrected chi connectivity index (χ0v) is 13.1. The van der Waals surface area contributed by atoms with E-state index in [-0.39, 0.29) is 0 Å². The van der Waals surface area contributed by atoms with Crippen molar-refractivity contribution in [2.45, 2.75) is 51.4 Å². The zero-order chi connectivity index (χ0) is 14.7. The van der Waals surface area contributed by atoms with E-state index in [1.54, 1.807) is 0 Å². The van der Waals surface area contributed by atoms with Crippen LogP contribution in [0.3, 0.4) is 0 Å². The van der Waals surface area contributed by atoms with Crippen LogP contribution in [0.2, 0.25) is 0 Å². The van der Waals surface area contributed by atoms with Gasteiger partial charge in [-0.2, -0.15) is 0 Å². The lowest BCUT2D eigenvalue weighted by Gasteiger charge is -2.20. The second-order valence-corrected chi connectivity index (χ2v) is 6.62. The van der Waals surface area contributed by atoms with E-state index in [0.717, 1.165) is 5.92 Å². The van der Waals surface area contributed by atoms with E-state index in [4.69, 9.17) is 0 Å². The predicted molar refractivity (Wildman–Crippen MR) is 91.4 cm³/mol. The van der Waals surface area contributed by atoms with Crippen LogP contribution in [0.4, 0.5) is 0 Å². The fourth-order valence-corrected chi connectivity index (χ4v) is 3.82. The highest BCUT2D eigenvalue weighted by atomic mass is 14.3. The molecule has 1 saturated carbocycles. The lowest BCUT2D eigenvalue weighted by atomic mass is 9.85. The van der Waals surface area contributed by atoms with Crippen molar-refractivity contribution in [1.82, 2.24) is 0 Å². The summed E-state index contributed by atoms with van der Waals surface area (Å²) in [5.74, 6) is 1.28. The third kappa shape index (κ3) is 3.20. The SMILES string of the molecule is C=C1C(=CCC2CCCCC2)C(C)=CC1c1ccccc1. The largest absolute Gasteiger partial charge is 0.0943 e. The molecule has 0 aromatic heterocycles. The number of allylic oxidation sites excluding steroid dienone is 5. The topological polar surface area (TPSA) is 0 Å². The smallest absolute Gasteiger partial charge is 0.0275 e. The molecule has 0 heterocycles. The van der Waals surface area contributed by atoms with Gasteiger partial charge < -0.3 is 0 Å². The lowest BCUT2D eigenvalue weighted by molar-refractivity contribution is 0.361. The highest BCUT2D eigenvalue weighted by Crippen LogP contribution is 2.41. The molecule has 1 aromatic carbocycles. The zero-order valence-electron chi connectivity index (χ0n) is 13.1. The molecule has 1 atom stereocenters. The summed E-state index contributed by atoms with van der Waals surface area (Å²) in [7, 11) is 0. The molecule has 0 N–H and O–H groups in total. The van der Waals surface area contributed by atoms with Crippen LogP contribution in [0, 0.1) is 5.92 Å². The highest BCUT2D eigenvalue weighted by Gasteiger charge is 2.24. The number of hydrogen-bond acceptors (Lipinski definition) is 0. The van der Waals surface area contributed by atoms with E-state index in [2.05, 4.69) is 56.0 Å². The summed E-state index contributed by atoms with van der Waals surface area (Å²) in [4.78, 5) is 0. The molecule has 0 amide bonds. The van der Waals surface area contributed by atoms with Gasteiger partial charge in [-0.15, -0.1) is 0 Å². The number of hydrogen-bond donors (Lipinski definition) is 0. The first-order chi connectivity index (χ1) is 10.3. The maximum Gasteiger partial charge on any atom is 0.0275 e. The van der Waals surface area contributed by atoms with Gasteiger partial charge in [-0.1, -0.05) is 81.2 Å². The Kier molecular flexibility index (Phi) is 4.43. The molecule has 1 unspecified atom stereocenters. The van der Waals surface area contributed by atoms with Gasteiger partial charge in [-0.05, 0) is 41.5 Å². The molecule has 3 rings (SSSR count). The van der Waals surface area contributed by atoms with Gasteiger partial charge in [-0.3, -0.25) is 0 Å². The summed E-state index contributed by atoms with van der Waals surface area (Å²) < 4.78 is 0. The third-order valence-electron chi connectivity index (χ3n) is 5.10. The fraction of sp³-hybridized carbons (Fsp3) is 0.429. The predicted octanol–water partition coefficient (Wildman–Crippen LogP) is 6.18. The van der Waals surface area contributed by atoms with E-state index in [0.29, 0.717) is 5.92 Å². The molecule has 1 fully saturated rings. The molecule has 0 heteroatoms. The van der Waals surface area contributed by atoms with Gasteiger partial charge in [-0.25, -0.2) is 0 Å². The second kappa shape index (κ2) is 6.47. The van der Waals surface area contributed by atoms with Crippen molar-refractivity contribution in [1.29, 1.82) is 0 Å². The normalized spacial score (nSPS) is 25.4. The number of rotatable bonds is 3. The molecule has 21 heavy (non-hydrogen) atoms. The van der Waals surface area contributed by atoms with Crippen LogP contribution < -0.4 is 0 Å². The first-order valence-corrected chi connectivity index (χ1v) is 8.39. The molecule has 0 spiro atoms. The van der Waals surface area contributed by atoms with Gasteiger partial charge in [0.2, 0.25) is 0 Å². The molecular weight excluding hydrogens is 252 g/mol. The highest BCUT2D eigenvalue weighted by molar-refractivity contribution is 5.58. The van der Waals surface area contributed by atoms with Gasteiger partial charge in [0.1, 0.15) is 0 Å². The lowest BCUT2D eigenvalue weighted by Crippen LogP contribution is -2.05. The van der Waals surface area contributed by atoms with Gasteiger partial charge >= 0.3 is 0 Å². The van der Waals surface area contributed by atoms with E-state index in [1.165, 1.54) is 60.8 Å². The maximum atomic E-state index is 4.39. The molecule has 0 saturated heterocycles. The van der Waals surface area contributed by atoms with Crippen molar-refractivity contribution in [2.75, 3.05) is 0 Å². The molecule has 0 nitrogen and oxygen atoms in total. The van der Waals surface area contributed by atoms with Crippen molar-refractivity contribution < 1.29 is 0 Å². The Morgan fingerprint density at radius 1 is 1.10 bits per heavy atom. The number of benzene rings is 1. The molecule has 1 aromatic rings. The average Bonchev–Trinajstić information content (AvgIpc) is 2.82.